The second-order valence-corrected chi connectivity index (χ2v) is 20.4. The average molecular weight is 593 g/mol. The van der Waals surface area contributed by atoms with Crippen LogP contribution < -0.4 is 10.6 Å². The van der Waals surface area contributed by atoms with Gasteiger partial charge in [-0.2, -0.15) is 0 Å². The maximum absolute atomic E-state index is 12.6. The van der Waals surface area contributed by atoms with Crippen molar-refractivity contribution in [3.05, 3.63) is 82.4 Å². The molecule has 0 bridgehead atoms. The molecule has 0 fully saturated rings. The summed E-state index contributed by atoms with van der Waals surface area (Å²) in [4.78, 5) is 37.8. The van der Waals surface area contributed by atoms with E-state index in [4.69, 9.17) is 0 Å². The van der Waals surface area contributed by atoms with Gasteiger partial charge < -0.3 is 0 Å². The Bertz CT molecular complexity index is 1470. The van der Waals surface area contributed by atoms with E-state index in [1.165, 1.54) is 5.56 Å². The molecule has 232 valence electrons. The Hall–Kier alpha value is -2.03. The van der Waals surface area contributed by atoms with Crippen molar-refractivity contribution in [3.63, 3.8) is 0 Å². The molecule has 3 nitrogen and oxygen atoms in total. The Morgan fingerprint density at radius 1 is 0.476 bits per heavy atom. The molecule has 0 aliphatic carbocycles. The zero-order chi connectivity index (χ0) is 32.5. The van der Waals surface area contributed by atoms with Gasteiger partial charge in [0.1, 0.15) is 0 Å². The summed E-state index contributed by atoms with van der Waals surface area (Å²) in [6.07, 6.45) is 0. The Balaban J connectivity index is 2.73. The summed E-state index contributed by atoms with van der Waals surface area (Å²) in [7, 11) is -5.69. The fourth-order valence-electron chi connectivity index (χ4n) is 5.79. The van der Waals surface area contributed by atoms with Crippen LogP contribution in [0, 0.1) is 0 Å². The molecule has 3 aromatic carbocycles. The Morgan fingerprint density at radius 3 is 1.36 bits per heavy atom. The molecule has 0 aromatic heterocycles. The standard InChI is InChI=1S/C38H57O3P/c1-34(2,3)26-19-16-18-25(22-26)31-29(36(7,8)9)24-30(37(10,11)12)33(32(31)38(13,14)15)42(39,40,41)28-21-17-20-27(23-28)35(4,5)6/h16-24,39-41H,1-15H3. The molecular formula is C38H57O3P. The molecule has 0 saturated heterocycles. The molecule has 0 heterocycles. The summed E-state index contributed by atoms with van der Waals surface area (Å²) < 4.78 is 0. The first kappa shape index (κ1) is 34.5. The van der Waals surface area contributed by atoms with Gasteiger partial charge in [0.2, 0.25) is 0 Å². The van der Waals surface area contributed by atoms with Crippen LogP contribution >= 0.6 is 7.28 Å². The molecular weight excluding hydrogens is 535 g/mol. The third-order valence-electron chi connectivity index (χ3n) is 8.28. The molecule has 0 unspecified atom stereocenters. The zero-order valence-corrected chi connectivity index (χ0v) is 29.9. The monoisotopic (exact) mass is 592 g/mol. The quantitative estimate of drug-likeness (QED) is 0.266. The van der Waals surface area contributed by atoms with Crippen LogP contribution in [0.15, 0.2) is 54.6 Å². The van der Waals surface area contributed by atoms with Gasteiger partial charge in [-0.15, -0.1) is 0 Å². The van der Waals surface area contributed by atoms with Crippen molar-refractivity contribution >= 4 is 17.9 Å². The van der Waals surface area contributed by atoms with E-state index < -0.39 is 18.1 Å². The van der Waals surface area contributed by atoms with Crippen LogP contribution in [0.4, 0.5) is 0 Å². The minimum atomic E-state index is -5.69. The van der Waals surface area contributed by atoms with E-state index in [2.05, 4.69) is 134 Å². The van der Waals surface area contributed by atoms with Gasteiger partial charge in [0.15, 0.2) is 0 Å². The van der Waals surface area contributed by atoms with Crippen LogP contribution in [0.25, 0.3) is 11.1 Å². The molecule has 3 rings (SSSR count). The summed E-state index contributed by atoms with van der Waals surface area (Å²) >= 11 is 0. The van der Waals surface area contributed by atoms with Crippen molar-refractivity contribution in [3.8, 4) is 11.1 Å². The first-order valence-corrected chi connectivity index (χ1v) is 17.4. The molecule has 0 amide bonds. The normalized spacial score (nSPS) is 15.0. The van der Waals surface area contributed by atoms with Gasteiger partial charge in [-0.25, -0.2) is 0 Å². The molecule has 0 aliphatic rings. The van der Waals surface area contributed by atoms with E-state index in [-0.39, 0.29) is 26.9 Å². The van der Waals surface area contributed by atoms with Crippen LogP contribution in [0.5, 0.6) is 0 Å². The van der Waals surface area contributed by atoms with Gasteiger partial charge >= 0.3 is 257 Å². The minimum absolute atomic E-state index is 0.0640. The molecule has 42 heavy (non-hydrogen) atoms. The summed E-state index contributed by atoms with van der Waals surface area (Å²) in [5.74, 6) is 0. The van der Waals surface area contributed by atoms with E-state index >= 15 is 0 Å². The first-order valence-electron chi connectivity index (χ1n) is 15.3. The van der Waals surface area contributed by atoms with E-state index in [0.717, 1.165) is 33.4 Å². The molecule has 3 aromatic rings. The zero-order valence-electron chi connectivity index (χ0n) is 29.0. The molecule has 4 heteroatoms. The predicted molar refractivity (Wildman–Crippen MR) is 185 cm³/mol. The van der Waals surface area contributed by atoms with Crippen molar-refractivity contribution in [1.82, 2.24) is 0 Å². The van der Waals surface area contributed by atoms with Gasteiger partial charge in [-0.1, -0.05) is 0 Å². The second-order valence-electron chi connectivity index (χ2n) is 17.4. The maximum atomic E-state index is 12.6. The van der Waals surface area contributed by atoms with Crippen LogP contribution in [-0.4, -0.2) is 14.7 Å². The number of hydrogen-bond donors (Lipinski definition) is 3. The molecule has 0 saturated carbocycles. The van der Waals surface area contributed by atoms with Gasteiger partial charge in [0, 0.05) is 0 Å². The van der Waals surface area contributed by atoms with Crippen LogP contribution in [-0.2, 0) is 27.1 Å². The summed E-state index contributed by atoms with van der Waals surface area (Å²) in [6.45, 7) is 32.1. The topological polar surface area (TPSA) is 60.7 Å². The SMILES string of the molecule is CC(C)(C)c1cccc(-c2c(C(C)(C)C)cc(C(C)(C)C)c(P(O)(O)(O)c3cccc(C(C)(C)C)c3)c2C(C)(C)C)c1. The second kappa shape index (κ2) is 10.3. The van der Waals surface area contributed by atoms with Gasteiger partial charge in [0.25, 0.3) is 0 Å². The fourth-order valence-corrected chi connectivity index (χ4v) is 8.49. The Morgan fingerprint density at radius 2 is 0.929 bits per heavy atom. The van der Waals surface area contributed by atoms with Crippen molar-refractivity contribution in [2.45, 2.75) is 131 Å². The van der Waals surface area contributed by atoms with E-state index in [0.29, 0.717) is 0 Å². The number of rotatable bonds is 3. The third-order valence-corrected chi connectivity index (χ3v) is 10.8. The molecule has 3 N–H and O–H groups in total. The summed E-state index contributed by atoms with van der Waals surface area (Å²) in [5.41, 5.74) is 5.24. The Kier molecular flexibility index (Phi) is 8.42. The third kappa shape index (κ3) is 6.71. The van der Waals surface area contributed by atoms with Crippen molar-refractivity contribution in [1.29, 1.82) is 0 Å². The molecule has 0 radical (unpaired) electrons. The fraction of sp³-hybridized carbons (Fsp3) is 0.526. The summed E-state index contributed by atoms with van der Waals surface area (Å²) in [5, 5.41) is 0.443. The van der Waals surface area contributed by atoms with Gasteiger partial charge in [-0.05, 0) is 0 Å². The summed E-state index contributed by atoms with van der Waals surface area (Å²) in [6, 6.07) is 18.0. The molecule has 0 atom stereocenters. The van der Waals surface area contributed by atoms with Gasteiger partial charge in [0.05, 0.1) is 0 Å². The number of hydrogen-bond acceptors (Lipinski definition) is 3. The Labute approximate surface area is 256 Å². The van der Waals surface area contributed by atoms with Crippen LogP contribution in [0.1, 0.15) is 132 Å². The molecule has 0 spiro atoms. The average Bonchev–Trinajstić information content (AvgIpc) is 2.80. The number of benzene rings is 3. The van der Waals surface area contributed by atoms with Crippen LogP contribution in [0.2, 0.25) is 0 Å². The van der Waals surface area contributed by atoms with Crippen molar-refractivity contribution in [2.75, 3.05) is 0 Å². The van der Waals surface area contributed by atoms with Crippen LogP contribution in [0.3, 0.4) is 0 Å². The van der Waals surface area contributed by atoms with Gasteiger partial charge in [-0.3, -0.25) is 0 Å². The first-order chi connectivity index (χ1) is 18.6. The molecule has 0 aliphatic heterocycles. The predicted octanol–water partition coefficient (Wildman–Crippen LogP) is 9.07. The van der Waals surface area contributed by atoms with Crippen molar-refractivity contribution < 1.29 is 14.7 Å². The van der Waals surface area contributed by atoms with Crippen molar-refractivity contribution in [2.24, 2.45) is 0 Å². The van der Waals surface area contributed by atoms with E-state index in [1.54, 1.807) is 12.1 Å². The van der Waals surface area contributed by atoms with E-state index in [1.807, 2.05) is 12.1 Å². The van der Waals surface area contributed by atoms with E-state index in [9.17, 15) is 14.7 Å².